The minimum Gasteiger partial charge on any atom is -0.508 e. The fourth-order valence-electron chi connectivity index (χ4n) is 2.68. The number of nitrogens with two attached hydrogens (primary N) is 1. The van der Waals surface area contributed by atoms with Crippen LogP contribution in [-0.4, -0.2) is 22.0 Å². The topological polar surface area (TPSA) is 101 Å². The van der Waals surface area contributed by atoms with Gasteiger partial charge in [-0.05, 0) is 58.7 Å². The second-order valence-electron chi connectivity index (χ2n) is 5.56. The van der Waals surface area contributed by atoms with Crippen LogP contribution in [0.2, 0.25) is 0 Å². The number of carbonyl (C=O) groups excluding carboxylic acids is 1. The van der Waals surface area contributed by atoms with E-state index >= 15 is 0 Å². The van der Waals surface area contributed by atoms with E-state index in [9.17, 15) is 19.8 Å². The Balaban J connectivity index is 2.30. The maximum atomic E-state index is 11.7. The number of nitrogen functional groups attached to an aromatic ring is 1. The van der Waals surface area contributed by atoms with Crippen LogP contribution in [0.5, 0.6) is 5.75 Å². The van der Waals surface area contributed by atoms with Crippen LogP contribution in [0.25, 0.3) is 5.57 Å². The van der Waals surface area contributed by atoms with E-state index in [-0.39, 0.29) is 17.1 Å². The van der Waals surface area contributed by atoms with Gasteiger partial charge in [-0.1, -0.05) is 30.4 Å². The summed E-state index contributed by atoms with van der Waals surface area (Å²) in [5.74, 6) is -1.13. The average molecular weight is 333 g/mol. The molecule has 0 atom stereocenters. The first-order chi connectivity index (χ1) is 12.0. The Kier molecular flexibility index (Phi) is 4.22. The molecule has 0 amide bonds. The second-order valence-corrected chi connectivity index (χ2v) is 5.56. The standard InChI is InChI=1S/C20H15NO4/c21-14-5-10-17(18(11-14)20(24)25)19(12-1-6-15(22)7-2-12)13-3-8-16(23)9-4-13/h1-11,22H,21H2,(H,24,25). The maximum Gasteiger partial charge on any atom is 0.336 e. The third-order valence-electron chi connectivity index (χ3n) is 3.84. The fourth-order valence-corrected chi connectivity index (χ4v) is 2.68. The van der Waals surface area contributed by atoms with Crippen molar-refractivity contribution in [2.75, 3.05) is 5.73 Å². The van der Waals surface area contributed by atoms with Crippen molar-refractivity contribution < 1.29 is 19.8 Å². The molecule has 0 unspecified atom stereocenters. The zero-order valence-corrected chi connectivity index (χ0v) is 13.1. The van der Waals surface area contributed by atoms with Crippen LogP contribution < -0.4 is 5.73 Å². The number of hydrogen-bond donors (Lipinski definition) is 3. The predicted octanol–water partition coefficient (Wildman–Crippen LogP) is 3.17. The summed E-state index contributed by atoms with van der Waals surface area (Å²) in [5, 5.41) is 19.1. The van der Waals surface area contributed by atoms with Gasteiger partial charge >= 0.3 is 5.97 Å². The lowest BCUT2D eigenvalue weighted by molar-refractivity contribution is -0.110. The lowest BCUT2D eigenvalue weighted by Gasteiger charge is -2.16. The van der Waals surface area contributed by atoms with E-state index in [1.807, 2.05) is 0 Å². The summed E-state index contributed by atoms with van der Waals surface area (Å²) in [7, 11) is 0. The molecule has 2 aromatic rings. The van der Waals surface area contributed by atoms with Gasteiger partial charge in [-0.25, -0.2) is 4.79 Å². The number of phenolic OH excluding ortho intramolecular Hbond substituents is 1. The number of allylic oxidation sites excluding steroid dienone is 5. The first-order valence-electron chi connectivity index (χ1n) is 7.52. The molecule has 0 aromatic heterocycles. The number of aromatic hydroxyl groups is 1. The maximum absolute atomic E-state index is 11.7. The van der Waals surface area contributed by atoms with Crippen molar-refractivity contribution in [3.63, 3.8) is 0 Å². The Labute approximate surface area is 144 Å². The molecule has 3 rings (SSSR count). The number of ketones is 1. The third kappa shape index (κ3) is 3.35. The molecule has 0 aliphatic heterocycles. The number of carboxylic acids is 1. The van der Waals surface area contributed by atoms with E-state index in [4.69, 9.17) is 5.73 Å². The molecule has 0 saturated heterocycles. The second kappa shape index (κ2) is 6.49. The molecule has 0 bridgehead atoms. The summed E-state index contributed by atoms with van der Waals surface area (Å²) in [6.45, 7) is 0. The van der Waals surface area contributed by atoms with Gasteiger partial charge in [0.1, 0.15) is 5.75 Å². The highest BCUT2D eigenvalue weighted by Crippen LogP contribution is 2.33. The van der Waals surface area contributed by atoms with Gasteiger partial charge in [0.25, 0.3) is 0 Å². The van der Waals surface area contributed by atoms with Crippen LogP contribution in [0.3, 0.4) is 0 Å². The van der Waals surface area contributed by atoms with Crippen molar-refractivity contribution in [3.8, 4) is 5.75 Å². The van der Waals surface area contributed by atoms with E-state index in [0.29, 0.717) is 28.0 Å². The normalized spacial score (nSPS) is 13.1. The molecule has 0 fully saturated rings. The minimum absolute atomic E-state index is 0.0641. The largest absolute Gasteiger partial charge is 0.508 e. The van der Waals surface area contributed by atoms with Gasteiger partial charge in [0.15, 0.2) is 5.78 Å². The number of carbonyl (C=O) groups is 2. The molecule has 0 radical (unpaired) electrons. The molecular weight excluding hydrogens is 318 g/mol. The van der Waals surface area contributed by atoms with E-state index in [1.165, 1.54) is 30.4 Å². The Morgan fingerprint density at radius 3 is 2.12 bits per heavy atom. The molecule has 1 aliphatic rings. The summed E-state index contributed by atoms with van der Waals surface area (Å²) in [5.41, 5.74) is 8.67. The van der Waals surface area contributed by atoms with Gasteiger partial charge < -0.3 is 15.9 Å². The molecule has 5 nitrogen and oxygen atoms in total. The molecule has 2 aromatic carbocycles. The minimum atomic E-state index is -1.10. The number of rotatable bonds is 3. The highest BCUT2D eigenvalue weighted by molar-refractivity contribution is 6.04. The van der Waals surface area contributed by atoms with Gasteiger partial charge in [0.2, 0.25) is 0 Å². The van der Waals surface area contributed by atoms with E-state index in [0.717, 1.165) is 0 Å². The van der Waals surface area contributed by atoms with E-state index in [1.54, 1.807) is 36.4 Å². The lowest BCUT2D eigenvalue weighted by atomic mass is 9.88. The Hall–Kier alpha value is -3.60. The van der Waals surface area contributed by atoms with Crippen LogP contribution in [0, 0.1) is 0 Å². The fraction of sp³-hybridized carbons (Fsp3) is 0. The van der Waals surface area contributed by atoms with Crippen LogP contribution in [-0.2, 0) is 4.79 Å². The third-order valence-corrected chi connectivity index (χ3v) is 3.84. The summed E-state index contributed by atoms with van der Waals surface area (Å²) in [4.78, 5) is 23.1. The highest BCUT2D eigenvalue weighted by atomic mass is 16.4. The molecule has 0 saturated carbocycles. The van der Waals surface area contributed by atoms with Crippen molar-refractivity contribution in [3.05, 3.63) is 89.0 Å². The highest BCUT2D eigenvalue weighted by Gasteiger charge is 2.18. The number of carboxylic acid groups (broad SMARTS) is 1. The van der Waals surface area contributed by atoms with Crippen LogP contribution in [0.1, 0.15) is 21.5 Å². The van der Waals surface area contributed by atoms with E-state index < -0.39 is 5.97 Å². The number of phenols is 1. The van der Waals surface area contributed by atoms with Crippen LogP contribution >= 0.6 is 0 Å². The van der Waals surface area contributed by atoms with Crippen LogP contribution in [0.15, 0.2) is 72.3 Å². The van der Waals surface area contributed by atoms with Crippen molar-refractivity contribution in [1.82, 2.24) is 0 Å². The summed E-state index contributed by atoms with van der Waals surface area (Å²) in [6.07, 6.45) is 6.14. The molecule has 124 valence electrons. The zero-order valence-electron chi connectivity index (χ0n) is 13.1. The number of hydrogen-bond acceptors (Lipinski definition) is 4. The molecule has 5 heteroatoms. The monoisotopic (exact) mass is 333 g/mol. The van der Waals surface area contributed by atoms with Gasteiger partial charge in [0, 0.05) is 5.69 Å². The van der Waals surface area contributed by atoms with Gasteiger partial charge in [-0.15, -0.1) is 0 Å². The Bertz CT molecular complexity index is 932. The molecule has 1 aliphatic carbocycles. The van der Waals surface area contributed by atoms with Gasteiger partial charge in [-0.2, -0.15) is 0 Å². The average Bonchev–Trinajstić information content (AvgIpc) is 2.59. The molecule has 4 N–H and O–H groups in total. The quantitative estimate of drug-likeness (QED) is 0.749. The number of benzene rings is 2. The summed E-state index contributed by atoms with van der Waals surface area (Å²) >= 11 is 0. The first kappa shape index (κ1) is 16.3. The van der Waals surface area contributed by atoms with Crippen molar-refractivity contribution in [2.45, 2.75) is 0 Å². The first-order valence-corrected chi connectivity index (χ1v) is 7.52. The SMILES string of the molecule is Nc1ccc(C(=C2C=CC(=O)C=C2)c2ccc(O)cc2)c(C(=O)O)c1. The Morgan fingerprint density at radius 1 is 0.880 bits per heavy atom. The van der Waals surface area contributed by atoms with Gasteiger partial charge in [0.05, 0.1) is 5.56 Å². The molecule has 25 heavy (non-hydrogen) atoms. The zero-order chi connectivity index (χ0) is 18.0. The lowest BCUT2D eigenvalue weighted by Crippen LogP contribution is -2.06. The number of aromatic carboxylic acids is 1. The van der Waals surface area contributed by atoms with Crippen molar-refractivity contribution in [1.29, 1.82) is 0 Å². The Morgan fingerprint density at radius 2 is 1.52 bits per heavy atom. The van der Waals surface area contributed by atoms with Crippen molar-refractivity contribution in [2.24, 2.45) is 0 Å². The molecular formula is C20H15NO4. The number of anilines is 1. The van der Waals surface area contributed by atoms with Gasteiger partial charge in [-0.3, -0.25) is 4.79 Å². The van der Waals surface area contributed by atoms with E-state index in [2.05, 4.69) is 0 Å². The predicted molar refractivity (Wildman–Crippen MR) is 95.2 cm³/mol. The smallest absolute Gasteiger partial charge is 0.336 e. The van der Waals surface area contributed by atoms with Crippen LogP contribution in [0.4, 0.5) is 5.69 Å². The molecule has 0 spiro atoms. The summed E-state index contributed by atoms with van der Waals surface area (Å²) < 4.78 is 0. The van der Waals surface area contributed by atoms with Crippen molar-refractivity contribution >= 4 is 23.0 Å². The summed E-state index contributed by atoms with van der Waals surface area (Å²) in [6, 6.07) is 11.1. The molecule has 0 heterocycles.